The quantitative estimate of drug-likeness (QED) is 0.0277. The molecule has 0 aliphatic rings. The van der Waals surface area contributed by atoms with Gasteiger partial charge in [0.05, 0.1) is 13.2 Å². The number of carbonyl (C=O) groups excluding carboxylic acids is 3. The highest BCUT2D eigenvalue weighted by Crippen LogP contribution is 2.17. The zero-order valence-corrected chi connectivity index (χ0v) is 34.3. The monoisotopic (exact) mass is 751 g/mol. The SMILES string of the molecule is CCC/C=C\C(CCCCCCC(=O)NCC(=O)NC(CO)C(=O)O)OC(=O)CCCCCCCCCCCCCCCCCCCCCCCCC. The molecule has 0 radical (unpaired) electrons. The van der Waals surface area contributed by atoms with Gasteiger partial charge in [-0.1, -0.05) is 180 Å². The summed E-state index contributed by atoms with van der Waals surface area (Å²) in [5.74, 6) is -2.40. The number of rotatable bonds is 40. The molecule has 0 aromatic rings. The van der Waals surface area contributed by atoms with Crippen LogP contribution < -0.4 is 10.6 Å². The number of aliphatic hydroxyl groups excluding tert-OH is 1. The van der Waals surface area contributed by atoms with Crippen molar-refractivity contribution in [1.82, 2.24) is 10.6 Å². The summed E-state index contributed by atoms with van der Waals surface area (Å²) in [5, 5.41) is 22.5. The van der Waals surface area contributed by atoms with Gasteiger partial charge in [-0.25, -0.2) is 4.79 Å². The number of carboxylic acid groups (broad SMARTS) is 1. The molecule has 2 atom stereocenters. The zero-order chi connectivity index (χ0) is 39.0. The Morgan fingerprint density at radius 2 is 1.00 bits per heavy atom. The van der Waals surface area contributed by atoms with E-state index in [0.29, 0.717) is 12.8 Å². The molecule has 0 bridgehead atoms. The average Bonchev–Trinajstić information content (AvgIpc) is 3.14. The average molecular weight is 751 g/mol. The van der Waals surface area contributed by atoms with E-state index in [9.17, 15) is 19.2 Å². The van der Waals surface area contributed by atoms with Crippen molar-refractivity contribution < 1.29 is 34.1 Å². The van der Waals surface area contributed by atoms with E-state index in [1.807, 2.05) is 6.08 Å². The molecular weight excluding hydrogens is 668 g/mol. The predicted molar refractivity (Wildman–Crippen MR) is 218 cm³/mol. The standard InChI is InChI=1S/C44H82N2O7/c1-3-5-7-8-9-10-11-12-13-14-15-16-17-18-19-20-21-22-23-24-25-26-32-36-43(50)53-39(33-29-6-4-2)34-30-27-28-31-35-41(48)45-37-42(49)46-40(38-47)44(51)52/h29,33,39-40,47H,3-28,30-32,34-38H2,1-2H3,(H,45,48)(H,46,49)(H,51,52)/b33-29-. The largest absolute Gasteiger partial charge is 0.480 e. The van der Waals surface area contributed by atoms with E-state index in [0.717, 1.165) is 51.4 Å². The number of allylic oxidation sites excluding steroid dienone is 1. The second-order valence-electron chi connectivity index (χ2n) is 15.1. The van der Waals surface area contributed by atoms with Crippen molar-refractivity contribution in [1.29, 1.82) is 0 Å². The Morgan fingerprint density at radius 3 is 1.43 bits per heavy atom. The zero-order valence-electron chi connectivity index (χ0n) is 34.3. The fraction of sp³-hybridized carbons (Fsp3) is 0.864. The van der Waals surface area contributed by atoms with Crippen LogP contribution in [-0.4, -0.2) is 59.3 Å². The summed E-state index contributed by atoms with van der Waals surface area (Å²) in [4.78, 5) is 47.2. The normalized spacial score (nSPS) is 12.5. The molecular formula is C44H82N2O7. The number of aliphatic carboxylic acids is 1. The molecule has 53 heavy (non-hydrogen) atoms. The highest BCUT2D eigenvalue weighted by molar-refractivity contribution is 5.87. The molecule has 0 heterocycles. The molecule has 0 aromatic carbocycles. The summed E-state index contributed by atoms with van der Waals surface area (Å²) in [6.07, 6.45) is 41.8. The number of hydrogen-bond donors (Lipinski definition) is 4. The maximum atomic E-state index is 12.6. The van der Waals surface area contributed by atoms with Gasteiger partial charge in [-0.15, -0.1) is 0 Å². The third-order valence-electron chi connectivity index (χ3n) is 9.98. The van der Waals surface area contributed by atoms with E-state index in [-0.39, 0.29) is 30.9 Å². The van der Waals surface area contributed by atoms with Crippen LogP contribution in [0.4, 0.5) is 0 Å². The van der Waals surface area contributed by atoms with Crippen LogP contribution in [0, 0.1) is 0 Å². The first kappa shape index (κ1) is 50.6. The Hall–Kier alpha value is -2.42. The minimum absolute atomic E-state index is 0.117. The number of carbonyl (C=O) groups is 4. The second-order valence-corrected chi connectivity index (χ2v) is 15.1. The summed E-state index contributed by atoms with van der Waals surface area (Å²) >= 11 is 0. The molecule has 0 saturated carbocycles. The lowest BCUT2D eigenvalue weighted by Crippen LogP contribution is -2.47. The number of aliphatic hydroxyl groups is 1. The van der Waals surface area contributed by atoms with Crippen molar-refractivity contribution in [3.63, 3.8) is 0 Å². The number of esters is 1. The van der Waals surface area contributed by atoms with E-state index in [4.69, 9.17) is 14.9 Å². The van der Waals surface area contributed by atoms with Crippen LogP contribution in [0.3, 0.4) is 0 Å². The smallest absolute Gasteiger partial charge is 0.328 e. The summed E-state index contributed by atoms with van der Waals surface area (Å²) in [7, 11) is 0. The molecule has 0 aromatic heterocycles. The molecule has 0 rings (SSSR count). The fourth-order valence-electron chi connectivity index (χ4n) is 6.57. The van der Waals surface area contributed by atoms with Crippen molar-refractivity contribution >= 4 is 23.8 Å². The van der Waals surface area contributed by atoms with E-state index >= 15 is 0 Å². The van der Waals surface area contributed by atoms with Gasteiger partial charge in [-0.05, 0) is 38.2 Å². The molecule has 9 nitrogen and oxygen atoms in total. The van der Waals surface area contributed by atoms with Crippen LogP contribution in [0.15, 0.2) is 12.2 Å². The Bertz CT molecular complexity index is 910. The second kappa shape index (κ2) is 39.3. The van der Waals surface area contributed by atoms with Crippen LogP contribution in [0.25, 0.3) is 0 Å². The van der Waals surface area contributed by atoms with Crippen LogP contribution in [-0.2, 0) is 23.9 Å². The maximum Gasteiger partial charge on any atom is 0.328 e. The molecule has 2 unspecified atom stereocenters. The number of nitrogens with one attached hydrogen (secondary N) is 2. The Balaban J connectivity index is 3.77. The summed E-state index contributed by atoms with van der Waals surface area (Å²) < 4.78 is 5.82. The fourth-order valence-corrected chi connectivity index (χ4v) is 6.57. The van der Waals surface area contributed by atoms with E-state index in [1.54, 1.807) is 0 Å². The minimum atomic E-state index is -1.39. The van der Waals surface area contributed by atoms with Gasteiger partial charge < -0.3 is 25.6 Å². The maximum absolute atomic E-state index is 12.6. The van der Waals surface area contributed by atoms with Crippen LogP contribution >= 0.6 is 0 Å². The number of ether oxygens (including phenoxy) is 1. The first-order valence-corrected chi connectivity index (χ1v) is 22.1. The minimum Gasteiger partial charge on any atom is -0.480 e. The highest BCUT2D eigenvalue weighted by Gasteiger charge is 2.18. The molecule has 310 valence electrons. The van der Waals surface area contributed by atoms with Gasteiger partial charge in [0.15, 0.2) is 0 Å². The lowest BCUT2D eigenvalue weighted by Gasteiger charge is -2.15. The molecule has 0 aliphatic carbocycles. The third kappa shape index (κ3) is 36.3. The molecule has 0 spiro atoms. The Morgan fingerprint density at radius 1 is 0.566 bits per heavy atom. The van der Waals surface area contributed by atoms with E-state index in [1.165, 1.54) is 135 Å². The van der Waals surface area contributed by atoms with Gasteiger partial charge in [-0.3, -0.25) is 14.4 Å². The van der Waals surface area contributed by atoms with Gasteiger partial charge in [0.1, 0.15) is 12.1 Å². The van der Waals surface area contributed by atoms with Crippen LogP contribution in [0.2, 0.25) is 0 Å². The van der Waals surface area contributed by atoms with Crippen molar-refractivity contribution in [2.75, 3.05) is 13.2 Å². The molecule has 2 amide bonds. The number of carboxylic acids is 1. The topological polar surface area (TPSA) is 142 Å². The van der Waals surface area contributed by atoms with Crippen molar-refractivity contribution in [2.24, 2.45) is 0 Å². The number of unbranched alkanes of at least 4 members (excludes halogenated alkanes) is 26. The Kier molecular flexibility index (Phi) is 37.5. The molecule has 9 heteroatoms. The molecule has 0 aliphatic heterocycles. The van der Waals surface area contributed by atoms with Gasteiger partial charge in [0.2, 0.25) is 11.8 Å². The Labute approximate surface area is 324 Å². The highest BCUT2D eigenvalue weighted by atomic mass is 16.5. The molecule has 4 N–H and O–H groups in total. The summed E-state index contributed by atoms with van der Waals surface area (Å²) in [5.41, 5.74) is 0. The van der Waals surface area contributed by atoms with Gasteiger partial charge >= 0.3 is 11.9 Å². The van der Waals surface area contributed by atoms with Crippen molar-refractivity contribution in [3.8, 4) is 0 Å². The van der Waals surface area contributed by atoms with Crippen LogP contribution in [0.1, 0.15) is 219 Å². The van der Waals surface area contributed by atoms with Gasteiger partial charge in [-0.2, -0.15) is 0 Å². The van der Waals surface area contributed by atoms with Crippen molar-refractivity contribution in [2.45, 2.75) is 231 Å². The number of amides is 2. The van der Waals surface area contributed by atoms with E-state index in [2.05, 4.69) is 30.6 Å². The first-order valence-electron chi connectivity index (χ1n) is 22.1. The molecule has 0 fully saturated rings. The third-order valence-corrected chi connectivity index (χ3v) is 9.98. The van der Waals surface area contributed by atoms with E-state index < -0.39 is 24.5 Å². The summed E-state index contributed by atoms with van der Waals surface area (Å²) in [6.45, 7) is 3.36. The van der Waals surface area contributed by atoms with Crippen molar-refractivity contribution in [3.05, 3.63) is 12.2 Å². The predicted octanol–water partition coefficient (Wildman–Crippen LogP) is 10.7. The summed E-state index contributed by atoms with van der Waals surface area (Å²) in [6, 6.07) is -1.39. The van der Waals surface area contributed by atoms with Gasteiger partial charge in [0, 0.05) is 12.8 Å². The van der Waals surface area contributed by atoms with Gasteiger partial charge in [0.25, 0.3) is 0 Å². The lowest BCUT2D eigenvalue weighted by atomic mass is 10.0. The lowest BCUT2D eigenvalue weighted by molar-refractivity contribution is -0.147. The molecule has 0 saturated heterocycles. The first-order chi connectivity index (χ1) is 25.8. The number of hydrogen-bond acceptors (Lipinski definition) is 6. The van der Waals surface area contributed by atoms with Crippen LogP contribution in [0.5, 0.6) is 0 Å².